The molecule has 0 bridgehead atoms. The summed E-state index contributed by atoms with van der Waals surface area (Å²) in [7, 11) is 0. The van der Waals surface area contributed by atoms with E-state index in [1.807, 2.05) is 0 Å². The quantitative estimate of drug-likeness (QED) is 0.860. The van der Waals surface area contributed by atoms with E-state index < -0.39 is 18.0 Å². The number of nitrogens with one attached hydrogen (secondary N) is 1. The van der Waals surface area contributed by atoms with E-state index in [9.17, 15) is 9.59 Å². The van der Waals surface area contributed by atoms with Crippen LogP contribution in [-0.2, 0) is 9.53 Å². The van der Waals surface area contributed by atoms with Crippen LogP contribution in [0.2, 0.25) is 10.0 Å². The number of nitrogens with zero attached hydrogens (tertiary/aromatic N) is 1. The van der Waals surface area contributed by atoms with Crippen LogP contribution in [0.25, 0.3) is 0 Å². The van der Waals surface area contributed by atoms with E-state index in [0.717, 1.165) is 0 Å². The lowest BCUT2D eigenvalue weighted by molar-refractivity contribution is -0.123. The minimum atomic E-state index is -1.04. The number of ether oxygens (including phenoxy) is 1. The van der Waals surface area contributed by atoms with Crippen molar-refractivity contribution in [3.05, 3.63) is 45.6 Å². The number of hydrogen-bond donors (Lipinski definition) is 1. The van der Waals surface area contributed by atoms with E-state index >= 15 is 0 Å². The molecule has 8 heteroatoms. The Morgan fingerprint density at radius 2 is 2.05 bits per heavy atom. The highest BCUT2D eigenvalue weighted by molar-refractivity contribution is 6.35. The van der Waals surface area contributed by atoms with E-state index in [1.165, 1.54) is 19.1 Å². The first-order valence-corrected chi connectivity index (χ1v) is 7.02. The number of aromatic nitrogens is 1. The fourth-order valence-corrected chi connectivity index (χ4v) is 1.95. The average molecular weight is 343 g/mol. The zero-order valence-corrected chi connectivity index (χ0v) is 13.2. The molecule has 0 aliphatic carbocycles. The number of carbonyl (C=O) groups excluding carboxylic acids is 2. The van der Waals surface area contributed by atoms with Gasteiger partial charge in [0.15, 0.2) is 11.9 Å². The summed E-state index contributed by atoms with van der Waals surface area (Å²) in [6.07, 6.45) is -1.04. The molecule has 1 heterocycles. The Hall–Kier alpha value is -2.05. The van der Waals surface area contributed by atoms with Gasteiger partial charge in [0.2, 0.25) is 0 Å². The van der Waals surface area contributed by atoms with Crippen molar-refractivity contribution in [2.75, 3.05) is 5.32 Å². The Balaban J connectivity index is 2.01. The van der Waals surface area contributed by atoms with Gasteiger partial charge in [0.1, 0.15) is 5.76 Å². The van der Waals surface area contributed by atoms with Crippen molar-refractivity contribution >= 4 is 40.9 Å². The monoisotopic (exact) mass is 342 g/mol. The first-order valence-electron chi connectivity index (χ1n) is 6.27. The number of esters is 1. The van der Waals surface area contributed by atoms with Gasteiger partial charge in [0.25, 0.3) is 5.91 Å². The highest BCUT2D eigenvalue weighted by atomic mass is 35.5. The molecule has 0 unspecified atom stereocenters. The SMILES string of the molecule is Cc1cc(NC(=O)[C@H](C)OC(=O)c2cc(Cl)ccc2Cl)no1. The third-order valence-corrected chi connectivity index (χ3v) is 3.25. The number of aryl methyl sites for hydroxylation is 1. The second-order valence-electron chi connectivity index (χ2n) is 4.48. The number of hydrogen-bond acceptors (Lipinski definition) is 5. The summed E-state index contributed by atoms with van der Waals surface area (Å²) in [5, 5.41) is 6.61. The molecule has 116 valence electrons. The Morgan fingerprint density at radius 3 is 2.68 bits per heavy atom. The molecule has 1 amide bonds. The summed E-state index contributed by atoms with van der Waals surface area (Å²) in [6, 6.07) is 5.94. The van der Waals surface area contributed by atoms with Gasteiger partial charge in [0.05, 0.1) is 10.6 Å². The Morgan fingerprint density at radius 1 is 1.32 bits per heavy atom. The van der Waals surface area contributed by atoms with E-state index in [-0.39, 0.29) is 16.4 Å². The predicted octanol–water partition coefficient (Wildman–Crippen LogP) is 3.47. The van der Waals surface area contributed by atoms with Gasteiger partial charge < -0.3 is 14.6 Å². The van der Waals surface area contributed by atoms with E-state index in [1.54, 1.807) is 19.1 Å². The predicted molar refractivity (Wildman–Crippen MR) is 81.2 cm³/mol. The molecule has 0 saturated heterocycles. The Labute approximate surface area is 136 Å². The highest BCUT2D eigenvalue weighted by Gasteiger charge is 2.21. The maximum absolute atomic E-state index is 12.0. The third kappa shape index (κ3) is 3.99. The first-order chi connectivity index (χ1) is 10.4. The summed E-state index contributed by atoms with van der Waals surface area (Å²) in [5.74, 6) is -0.497. The molecule has 0 radical (unpaired) electrons. The molecular formula is C14H12Cl2N2O4. The summed E-state index contributed by atoms with van der Waals surface area (Å²) in [4.78, 5) is 23.9. The molecule has 2 aromatic rings. The Kier molecular flexibility index (Phi) is 5.05. The van der Waals surface area contributed by atoms with Gasteiger partial charge in [0, 0.05) is 11.1 Å². The van der Waals surface area contributed by atoms with E-state index in [4.69, 9.17) is 32.5 Å². The zero-order valence-electron chi connectivity index (χ0n) is 11.7. The molecule has 22 heavy (non-hydrogen) atoms. The summed E-state index contributed by atoms with van der Waals surface area (Å²) in [5.41, 5.74) is 0.0890. The topological polar surface area (TPSA) is 81.4 Å². The Bertz CT molecular complexity index is 715. The average Bonchev–Trinajstić information content (AvgIpc) is 2.86. The lowest BCUT2D eigenvalue weighted by Crippen LogP contribution is -2.30. The van der Waals surface area contributed by atoms with Crippen LogP contribution in [0.5, 0.6) is 0 Å². The third-order valence-electron chi connectivity index (χ3n) is 2.68. The maximum atomic E-state index is 12.0. The molecule has 0 saturated carbocycles. The van der Waals surface area contributed by atoms with Gasteiger partial charge in [-0.3, -0.25) is 4.79 Å². The van der Waals surface area contributed by atoms with Crippen LogP contribution in [0.4, 0.5) is 5.82 Å². The zero-order chi connectivity index (χ0) is 16.3. The number of rotatable bonds is 4. The van der Waals surface area contributed by atoms with Crippen LogP contribution in [0.3, 0.4) is 0 Å². The van der Waals surface area contributed by atoms with Gasteiger partial charge in [-0.25, -0.2) is 4.79 Å². The molecule has 1 N–H and O–H groups in total. The van der Waals surface area contributed by atoms with Crippen molar-refractivity contribution in [3.8, 4) is 0 Å². The molecule has 1 aromatic heterocycles. The second kappa shape index (κ2) is 6.81. The van der Waals surface area contributed by atoms with Gasteiger partial charge >= 0.3 is 5.97 Å². The van der Waals surface area contributed by atoms with Crippen molar-refractivity contribution in [1.29, 1.82) is 0 Å². The number of halogens is 2. The second-order valence-corrected chi connectivity index (χ2v) is 5.33. The fourth-order valence-electron chi connectivity index (χ4n) is 1.58. The van der Waals surface area contributed by atoms with Crippen molar-refractivity contribution in [1.82, 2.24) is 5.16 Å². The van der Waals surface area contributed by atoms with Gasteiger partial charge in [-0.2, -0.15) is 0 Å². The van der Waals surface area contributed by atoms with Crippen LogP contribution >= 0.6 is 23.2 Å². The summed E-state index contributed by atoms with van der Waals surface area (Å²) in [6.45, 7) is 3.12. The fraction of sp³-hybridized carbons (Fsp3) is 0.214. The van der Waals surface area contributed by atoms with Crippen LogP contribution < -0.4 is 5.32 Å². The van der Waals surface area contributed by atoms with E-state index in [0.29, 0.717) is 10.8 Å². The lowest BCUT2D eigenvalue weighted by atomic mass is 10.2. The molecule has 6 nitrogen and oxygen atoms in total. The molecule has 0 fully saturated rings. The molecule has 1 atom stereocenters. The molecular weight excluding hydrogens is 331 g/mol. The first kappa shape index (κ1) is 16.3. The number of benzene rings is 1. The van der Waals surface area contributed by atoms with Crippen LogP contribution in [-0.4, -0.2) is 23.1 Å². The summed E-state index contributed by atoms with van der Waals surface area (Å²) >= 11 is 11.7. The largest absolute Gasteiger partial charge is 0.449 e. The number of amides is 1. The van der Waals surface area contributed by atoms with Crippen LogP contribution in [0.15, 0.2) is 28.8 Å². The molecule has 0 spiro atoms. The van der Waals surface area contributed by atoms with Crippen molar-refractivity contribution in [3.63, 3.8) is 0 Å². The van der Waals surface area contributed by atoms with Crippen molar-refractivity contribution < 1.29 is 18.8 Å². The van der Waals surface area contributed by atoms with Gasteiger partial charge in [-0.05, 0) is 32.0 Å². The highest BCUT2D eigenvalue weighted by Crippen LogP contribution is 2.22. The minimum absolute atomic E-state index is 0.0890. The molecule has 2 rings (SSSR count). The molecule has 0 aliphatic heterocycles. The van der Waals surface area contributed by atoms with Crippen LogP contribution in [0.1, 0.15) is 23.0 Å². The van der Waals surface area contributed by atoms with Crippen LogP contribution in [0, 0.1) is 6.92 Å². The van der Waals surface area contributed by atoms with Gasteiger partial charge in [-0.1, -0.05) is 28.4 Å². The number of anilines is 1. The lowest BCUT2D eigenvalue weighted by Gasteiger charge is -2.13. The van der Waals surface area contributed by atoms with Crippen molar-refractivity contribution in [2.45, 2.75) is 20.0 Å². The van der Waals surface area contributed by atoms with Gasteiger partial charge in [-0.15, -0.1) is 0 Å². The maximum Gasteiger partial charge on any atom is 0.340 e. The minimum Gasteiger partial charge on any atom is -0.449 e. The number of carbonyl (C=O) groups is 2. The van der Waals surface area contributed by atoms with E-state index in [2.05, 4.69) is 10.5 Å². The summed E-state index contributed by atoms with van der Waals surface area (Å²) < 4.78 is 9.88. The molecule has 0 aliphatic rings. The standard InChI is InChI=1S/C14H12Cl2N2O4/c1-7-5-12(18-22-7)17-13(19)8(2)21-14(20)10-6-9(15)3-4-11(10)16/h3-6,8H,1-2H3,(H,17,18,19)/t8-/m0/s1. The van der Waals surface area contributed by atoms with Crippen molar-refractivity contribution in [2.24, 2.45) is 0 Å². The smallest absolute Gasteiger partial charge is 0.340 e. The molecule has 1 aromatic carbocycles. The normalized spacial score (nSPS) is 11.8.